The molecule has 110 valence electrons. The number of amides is 1. The molecule has 1 aromatic carbocycles. The standard InChI is InChI=1S/C17H26N2O/c1-4-17(10-7-11-18-12-17)16(20)19-14(3)15-9-6-5-8-13(15)2/h5-6,8-9,14,18H,4,7,10-12H2,1-3H3,(H,19,20). The van der Waals surface area contributed by atoms with Crippen LogP contribution in [-0.2, 0) is 4.79 Å². The Labute approximate surface area is 122 Å². The van der Waals surface area contributed by atoms with E-state index in [0.717, 1.165) is 32.4 Å². The molecule has 1 heterocycles. The molecule has 2 unspecified atom stereocenters. The number of piperidine rings is 1. The first-order chi connectivity index (χ1) is 9.59. The third kappa shape index (κ3) is 3.04. The van der Waals surface area contributed by atoms with Crippen molar-refractivity contribution in [2.45, 2.75) is 46.1 Å². The summed E-state index contributed by atoms with van der Waals surface area (Å²) in [4.78, 5) is 12.7. The lowest BCUT2D eigenvalue weighted by atomic mass is 9.77. The predicted molar refractivity (Wildman–Crippen MR) is 82.6 cm³/mol. The number of nitrogens with one attached hydrogen (secondary N) is 2. The van der Waals surface area contributed by atoms with Crippen LogP contribution in [0.25, 0.3) is 0 Å². The number of hydrogen-bond acceptors (Lipinski definition) is 2. The molecule has 2 N–H and O–H groups in total. The molecule has 0 saturated carbocycles. The molecule has 20 heavy (non-hydrogen) atoms. The molecular formula is C17H26N2O. The summed E-state index contributed by atoms with van der Waals surface area (Å²) in [7, 11) is 0. The first-order valence-electron chi connectivity index (χ1n) is 7.66. The van der Waals surface area contributed by atoms with Gasteiger partial charge in [-0.2, -0.15) is 0 Å². The average molecular weight is 274 g/mol. The maximum Gasteiger partial charge on any atom is 0.227 e. The molecule has 3 heteroatoms. The lowest BCUT2D eigenvalue weighted by Crippen LogP contribution is -2.50. The predicted octanol–water partition coefficient (Wildman–Crippen LogP) is 2.95. The van der Waals surface area contributed by atoms with Gasteiger partial charge in [-0.25, -0.2) is 0 Å². The van der Waals surface area contributed by atoms with Crippen molar-refractivity contribution in [3.8, 4) is 0 Å². The molecule has 2 atom stereocenters. The first kappa shape index (κ1) is 15.0. The number of hydrogen-bond donors (Lipinski definition) is 2. The summed E-state index contributed by atoms with van der Waals surface area (Å²) in [6.45, 7) is 8.11. The molecule has 1 aromatic rings. The van der Waals surface area contributed by atoms with Crippen LogP contribution in [0.4, 0.5) is 0 Å². The molecule has 0 spiro atoms. The van der Waals surface area contributed by atoms with E-state index in [1.165, 1.54) is 11.1 Å². The second kappa shape index (κ2) is 6.40. The Morgan fingerprint density at radius 3 is 2.80 bits per heavy atom. The van der Waals surface area contributed by atoms with Crippen LogP contribution in [0.15, 0.2) is 24.3 Å². The van der Waals surface area contributed by atoms with Crippen LogP contribution in [0, 0.1) is 12.3 Å². The fourth-order valence-corrected chi connectivity index (χ4v) is 3.12. The number of benzene rings is 1. The van der Waals surface area contributed by atoms with Crippen molar-refractivity contribution < 1.29 is 4.79 Å². The molecule has 0 aromatic heterocycles. The fraction of sp³-hybridized carbons (Fsp3) is 0.588. The van der Waals surface area contributed by atoms with Crippen molar-refractivity contribution in [1.29, 1.82) is 0 Å². The molecule has 1 amide bonds. The van der Waals surface area contributed by atoms with Gasteiger partial charge in [0.25, 0.3) is 0 Å². The van der Waals surface area contributed by atoms with Crippen LogP contribution in [0.2, 0.25) is 0 Å². The Morgan fingerprint density at radius 1 is 1.45 bits per heavy atom. The minimum Gasteiger partial charge on any atom is -0.349 e. The summed E-state index contributed by atoms with van der Waals surface area (Å²) in [5, 5.41) is 6.59. The van der Waals surface area contributed by atoms with Gasteiger partial charge in [0.05, 0.1) is 11.5 Å². The molecule has 1 fully saturated rings. The van der Waals surface area contributed by atoms with Crippen LogP contribution in [-0.4, -0.2) is 19.0 Å². The van der Waals surface area contributed by atoms with Gasteiger partial charge < -0.3 is 10.6 Å². The van der Waals surface area contributed by atoms with Crippen LogP contribution >= 0.6 is 0 Å². The van der Waals surface area contributed by atoms with Gasteiger partial charge in [0.15, 0.2) is 0 Å². The summed E-state index contributed by atoms with van der Waals surface area (Å²) in [5.74, 6) is 0.197. The monoisotopic (exact) mass is 274 g/mol. The highest BCUT2D eigenvalue weighted by Gasteiger charge is 2.38. The molecule has 0 radical (unpaired) electrons. The van der Waals surface area contributed by atoms with Crippen LogP contribution in [0.3, 0.4) is 0 Å². The van der Waals surface area contributed by atoms with Gasteiger partial charge in [-0.05, 0) is 50.8 Å². The molecule has 0 aliphatic carbocycles. The SMILES string of the molecule is CCC1(C(=O)NC(C)c2ccccc2C)CCCNC1. The smallest absolute Gasteiger partial charge is 0.227 e. The topological polar surface area (TPSA) is 41.1 Å². The van der Waals surface area contributed by atoms with Gasteiger partial charge in [-0.1, -0.05) is 31.2 Å². The van der Waals surface area contributed by atoms with E-state index in [4.69, 9.17) is 0 Å². The van der Waals surface area contributed by atoms with Crippen molar-refractivity contribution in [1.82, 2.24) is 10.6 Å². The third-order valence-electron chi connectivity index (χ3n) is 4.63. The Morgan fingerprint density at radius 2 is 2.20 bits per heavy atom. The number of carbonyl (C=O) groups is 1. The van der Waals surface area contributed by atoms with E-state index >= 15 is 0 Å². The Bertz CT molecular complexity index is 464. The molecule has 1 saturated heterocycles. The fourth-order valence-electron chi connectivity index (χ4n) is 3.12. The second-order valence-corrected chi connectivity index (χ2v) is 5.97. The zero-order valence-corrected chi connectivity index (χ0v) is 12.8. The maximum atomic E-state index is 12.7. The van der Waals surface area contributed by atoms with Gasteiger partial charge in [0.2, 0.25) is 5.91 Å². The number of aryl methyl sites for hydroxylation is 1. The average Bonchev–Trinajstić information content (AvgIpc) is 2.48. The van der Waals surface area contributed by atoms with Crippen molar-refractivity contribution >= 4 is 5.91 Å². The molecule has 1 aliphatic heterocycles. The summed E-state index contributed by atoms with van der Waals surface area (Å²) < 4.78 is 0. The quantitative estimate of drug-likeness (QED) is 0.886. The van der Waals surface area contributed by atoms with E-state index < -0.39 is 0 Å². The molecule has 1 aliphatic rings. The van der Waals surface area contributed by atoms with Crippen molar-refractivity contribution in [2.24, 2.45) is 5.41 Å². The van der Waals surface area contributed by atoms with E-state index in [-0.39, 0.29) is 17.4 Å². The molecule has 3 nitrogen and oxygen atoms in total. The van der Waals surface area contributed by atoms with Gasteiger partial charge in [0, 0.05) is 6.54 Å². The Balaban J connectivity index is 2.08. The van der Waals surface area contributed by atoms with Crippen LogP contribution < -0.4 is 10.6 Å². The lowest BCUT2D eigenvalue weighted by molar-refractivity contribution is -0.133. The first-order valence-corrected chi connectivity index (χ1v) is 7.66. The van der Waals surface area contributed by atoms with E-state index in [2.05, 4.69) is 43.5 Å². The summed E-state index contributed by atoms with van der Waals surface area (Å²) in [6, 6.07) is 8.32. The molecular weight excluding hydrogens is 248 g/mol. The normalized spacial score (nSPS) is 24.1. The molecule has 2 rings (SSSR count). The highest BCUT2D eigenvalue weighted by atomic mass is 16.2. The van der Waals surface area contributed by atoms with Crippen molar-refractivity contribution in [2.75, 3.05) is 13.1 Å². The minimum atomic E-state index is -0.227. The van der Waals surface area contributed by atoms with Gasteiger partial charge in [-0.3, -0.25) is 4.79 Å². The Kier molecular flexibility index (Phi) is 4.81. The van der Waals surface area contributed by atoms with Gasteiger partial charge in [-0.15, -0.1) is 0 Å². The van der Waals surface area contributed by atoms with Gasteiger partial charge in [0.1, 0.15) is 0 Å². The summed E-state index contributed by atoms with van der Waals surface area (Å²) in [6.07, 6.45) is 2.97. The maximum absolute atomic E-state index is 12.7. The van der Waals surface area contributed by atoms with E-state index in [0.29, 0.717) is 0 Å². The lowest BCUT2D eigenvalue weighted by Gasteiger charge is -2.36. The van der Waals surface area contributed by atoms with Crippen molar-refractivity contribution in [3.63, 3.8) is 0 Å². The van der Waals surface area contributed by atoms with Gasteiger partial charge >= 0.3 is 0 Å². The largest absolute Gasteiger partial charge is 0.349 e. The molecule has 0 bridgehead atoms. The second-order valence-electron chi connectivity index (χ2n) is 5.97. The zero-order chi connectivity index (χ0) is 14.6. The van der Waals surface area contributed by atoms with E-state index in [9.17, 15) is 4.79 Å². The zero-order valence-electron chi connectivity index (χ0n) is 12.8. The van der Waals surface area contributed by atoms with E-state index in [1.54, 1.807) is 0 Å². The highest BCUT2D eigenvalue weighted by molar-refractivity contribution is 5.83. The minimum absolute atomic E-state index is 0.0639. The number of rotatable bonds is 4. The van der Waals surface area contributed by atoms with Crippen LogP contribution in [0.1, 0.15) is 50.3 Å². The van der Waals surface area contributed by atoms with Crippen molar-refractivity contribution in [3.05, 3.63) is 35.4 Å². The summed E-state index contributed by atoms with van der Waals surface area (Å²) >= 11 is 0. The summed E-state index contributed by atoms with van der Waals surface area (Å²) in [5.41, 5.74) is 2.21. The highest BCUT2D eigenvalue weighted by Crippen LogP contribution is 2.31. The number of carbonyl (C=O) groups excluding carboxylic acids is 1. The van der Waals surface area contributed by atoms with E-state index in [1.807, 2.05) is 12.1 Å². The van der Waals surface area contributed by atoms with Crippen LogP contribution in [0.5, 0.6) is 0 Å². The third-order valence-corrected chi connectivity index (χ3v) is 4.63. The Hall–Kier alpha value is -1.35.